The first-order valence-corrected chi connectivity index (χ1v) is 5.55. The molecular formula is C12H8F3N3S. The Bertz CT molecular complexity index is 623. The number of pyridine rings is 1. The Hall–Kier alpha value is -2.15. The van der Waals surface area contributed by atoms with Gasteiger partial charge in [-0.3, -0.25) is 4.98 Å². The second kappa shape index (κ2) is 5.23. The Morgan fingerprint density at radius 3 is 2.42 bits per heavy atom. The normalized spacial score (nSPS) is 10.3. The van der Waals surface area contributed by atoms with Crippen LogP contribution in [-0.2, 0) is 0 Å². The summed E-state index contributed by atoms with van der Waals surface area (Å²) in [5.74, 6) is -4.10. The maximum Gasteiger partial charge on any atom is 0.194 e. The summed E-state index contributed by atoms with van der Waals surface area (Å²) in [6.45, 7) is 0. The first-order chi connectivity index (χ1) is 8.99. The summed E-state index contributed by atoms with van der Waals surface area (Å²) in [7, 11) is 0. The van der Waals surface area contributed by atoms with Crippen molar-refractivity contribution in [3.05, 3.63) is 53.6 Å². The molecule has 1 heterocycles. The van der Waals surface area contributed by atoms with E-state index >= 15 is 0 Å². The molecule has 0 atom stereocenters. The molecule has 98 valence electrons. The van der Waals surface area contributed by atoms with Crippen molar-refractivity contribution in [2.75, 3.05) is 5.32 Å². The van der Waals surface area contributed by atoms with E-state index in [4.69, 9.17) is 18.0 Å². The standard InChI is InChI=1S/C12H8F3N3S/c13-8-3-6(4-9(14)11(8)15)18-10-5-17-2-1-7(10)12(16)19/h1-5,18H,(H2,16,19). The van der Waals surface area contributed by atoms with Gasteiger partial charge in [0, 0.05) is 29.6 Å². The summed E-state index contributed by atoms with van der Waals surface area (Å²) in [5.41, 5.74) is 6.38. The van der Waals surface area contributed by atoms with E-state index in [9.17, 15) is 13.2 Å². The van der Waals surface area contributed by atoms with E-state index in [2.05, 4.69) is 10.3 Å². The predicted molar refractivity (Wildman–Crippen MR) is 69.7 cm³/mol. The van der Waals surface area contributed by atoms with Crippen molar-refractivity contribution in [1.82, 2.24) is 4.98 Å². The van der Waals surface area contributed by atoms with Gasteiger partial charge in [-0.2, -0.15) is 0 Å². The molecule has 1 aromatic heterocycles. The van der Waals surface area contributed by atoms with Crippen LogP contribution < -0.4 is 11.1 Å². The van der Waals surface area contributed by atoms with E-state index in [0.29, 0.717) is 11.3 Å². The number of nitrogens with zero attached hydrogens (tertiary/aromatic N) is 1. The van der Waals surface area contributed by atoms with Crippen molar-refractivity contribution < 1.29 is 13.2 Å². The molecule has 0 bridgehead atoms. The Balaban J connectivity index is 2.39. The van der Waals surface area contributed by atoms with E-state index in [1.54, 1.807) is 6.07 Å². The molecule has 1 aromatic carbocycles. The number of thiocarbonyl (C=S) groups is 1. The van der Waals surface area contributed by atoms with Crippen LogP contribution in [0.25, 0.3) is 0 Å². The van der Waals surface area contributed by atoms with Crippen LogP contribution in [0, 0.1) is 17.5 Å². The third kappa shape index (κ3) is 2.82. The average molecular weight is 283 g/mol. The Morgan fingerprint density at radius 1 is 1.21 bits per heavy atom. The molecule has 3 nitrogen and oxygen atoms in total. The first-order valence-electron chi connectivity index (χ1n) is 5.14. The maximum absolute atomic E-state index is 13.1. The lowest BCUT2D eigenvalue weighted by Crippen LogP contribution is -2.12. The minimum Gasteiger partial charge on any atom is -0.389 e. The van der Waals surface area contributed by atoms with Crippen LogP contribution in [0.2, 0.25) is 0 Å². The summed E-state index contributed by atoms with van der Waals surface area (Å²) in [4.78, 5) is 3.95. The molecule has 0 radical (unpaired) electrons. The predicted octanol–water partition coefficient (Wildman–Crippen LogP) is 2.88. The van der Waals surface area contributed by atoms with Crippen LogP contribution in [0.3, 0.4) is 0 Å². The van der Waals surface area contributed by atoms with Gasteiger partial charge in [-0.05, 0) is 6.07 Å². The van der Waals surface area contributed by atoms with E-state index in [1.165, 1.54) is 12.4 Å². The van der Waals surface area contributed by atoms with Gasteiger partial charge in [0.05, 0.1) is 11.9 Å². The molecule has 0 aliphatic rings. The summed E-state index contributed by atoms with van der Waals surface area (Å²) < 4.78 is 39.0. The van der Waals surface area contributed by atoms with Crippen molar-refractivity contribution >= 4 is 28.6 Å². The summed E-state index contributed by atoms with van der Waals surface area (Å²) in [6.07, 6.45) is 2.87. The first kappa shape index (κ1) is 13.3. The van der Waals surface area contributed by atoms with Gasteiger partial charge in [0.15, 0.2) is 17.5 Å². The molecule has 0 aliphatic heterocycles. The topological polar surface area (TPSA) is 50.9 Å². The Labute approximate surface area is 112 Å². The quantitative estimate of drug-likeness (QED) is 0.672. The van der Waals surface area contributed by atoms with Gasteiger partial charge in [0.2, 0.25) is 0 Å². The number of nitrogens with two attached hydrogens (primary N) is 1. The Kier molecular flexibility index (Phi) is 3.66. The third-order valence-corrected chi connectivity index (χ3v) is 2.57. The van der Waals surface area contributed by atoms with Crippen LogP contribution in [-0.4, -0.2) is 9.97 Å². The molecule has 2 aromatic rings. The fourth-order valence-electron chi connectivity index (χ4n) is 1.49. The van der Waals surface area contributed by atoms with Crippen molar-refractivity contribution in [1.29, 1.82) is 0 Å². The molecule has 0 fully saturated rings. The molecule has 0 aliphatic carbocycles. The van der Waals surface area contributed by atoms with Crippen molar-refractivity contribution in [3.8, 4) is 0 Å². The van der Waals surface area contributed by atoms with Gasteiger partial charge in [0.1, 0.15) is 4.99 Å². The number of aromatic nitrogens is 1. The lowest BCUT2D eigenvalue weighted by molar-refractivity contribution is 0.448. The largest absolute Gasteiger partial charge is 0.389 e. The second-order valence-corrected chi connectivity index (χ2v) is 4.10. The molecule has 0 amide bonds. The lowest BCUT2D eigenvalue weighted by atomic mass is 10.2. The zero-order chi connectivity index (χ0) is 14.0. The van der Waals surface area contributed by atoms with E-state index in [0.717, 1.165) is 12.1 Å². The summed E-state index contributed by atoms with van der Waals surface area (Å²) in [6, 6.07) is 3.21. The molecule has 3 N–H and O–H groups in total. The molecule has 0 spiro atoms. The highest BCUT2D eigenvalue weighted by molar-refractivity contribution is 7.80. The van der Waals surface area contributed by atoms with Crippen molar-refractivity contribution in [2.24, 2.45) is 5.73 Å². The SMILES string of the molecule is NC(=S)c1ccncc1Nc1cc(F)c(F)c(F)c1. The monoisotopic (exact) mass is 283 g/mol. The molecule has 0 unspecified atom stereocenters. The average Bonchev–Trinajstić information content (AvgIpc) is 2.36. The minimum absolute atomic E-state index is 0.0295. The van der Waals surface area contributed by atoms with Gasteiger partial charge in [-0.25, -0.2) is 13.2 Å². The van der Waals surface area contributed by atoms with Crippen LogP contribution in [0.4, 0.5) is 24.5 Å². The van der Waals surface area contributed by atoms with E-state index in [-0.39, 0.29) is 10.7 Å². The molecule has 19 heavy (non-hydrogen) atoms. The number of benzene rings is 1. The second-order valence-electron chi connectivity index (χ2n) is 3.66. The molecule has 0 saturated heterocycles. The van der Waals surface area contributed by atoms with Gasteiger partial charge >= 0.3 is 0 Å². The number of halogens is 3. The highest BCUT2D eigenvalue weighted by atomic mass is 32.1. The van der Waals surface area contributed by atoms with Gasteiger partial charge < -0.3 is 11.1 Å². The maximum atomic E-state index is 13.1. The van der Waals surface area contributed by atoms with Crippen LogP contribution >= 0.6 is 12.2 Å². The highest BCUT2D eigenvalue weighted by Crippen LogP contribution is 2.23. The number of hydrogen-bond donors (Lipinski definition) is 2. The molecule has 7 heteroatoms. The minimum atomic E-state index is -1.52. The van der Waals surface area contributed by atoms with Crippen LogP contribution in [0.1, 0.15) is 5.56 Å². The smallest absolute Gasteiger partial charge is 0.194 e. The van der Waals surface area contributed by atoms with Crippen LogP contribution in [0.5, 0.6) is 0 Å². The molecule has 0 saturated carbocycles. The Morgan fingerprint density at radius 2 is 1.84 bits per heavy atom. The zero-order valence-corrected chi connectivity index (χ0v) is 10.3. The van der Waals surface area contributed by atoms with E-state index in [1.807, 2.05) is 0 Å². The highest BCUT2D eigenvalue weighted by Gasteiger charge is 2.12. The lowest BCUT2D eigenvalue weighted by Gasteiger charge is -2.11. The number of anilines is 2. The summed E-state index contributed by atoms with van der Waals surface area (Å²) in [5, 5.41) is 2.69. The van der Waals surface area contributed by atoms with Gasteiger partial charge in [-0.15, -0.1) is 0 Å². The fourth-order valence-corrected chi connectivity index (χ4v) is 1.67. The zero-order valence-electron chi connectivity index (χ0n) is 9.45. The van der Waals surface area contributed by atoms with Crippen molar-refractivity contribution in [3.63, 3.8) is 0 Å². The number of rotatable bonds is 3. The van der Waals surface area contributed by atoms with Gasteiger partial charge in [0.25, 0.3) is 0 Å². The van der Waals surface area contributed by atoms with Gasteiger partial charge in [-0.1, -0.05) is 12.2 Å². The molecule has 2 rings (SSSR count). The number of hydrogen-bond acceptors (Lipinski definition) is 3. The molecular weight excluding hydrogens is 275 g/mol. The third-order valence-electron chi connectivity index (χ3n) is 2.35. The summed E-state index contributed by atoms with van der Waals surface area (Å²) >= 11 is 4.84. The fraction of sp³-hybridized carbons (Fsp3) is 0. The van der Waals surface area contributed by atoms with Crippen molar-refractivity contribution in [2.45, 2.75) is 0 Å². The number of nitrogens with one attached hydrogen (secondary N) is 1. The van der Waals surface area contributed by atoms with E-state index < -0.39 is 17.5 Å². The van der Waals surface area contributed by atoms with Crippen LogP contribution in [0.15, 0.2) is 30.6 Å².